The molecule has 2 rings (SSSR count). The van der Waals surface area contributed by atoms with Crippen LogP contribution in [0.4, 0.5) is 0 Å². The molecule has 2 N–H and O–H groups in total. The Bertz CT molecular complexity index is 655. The molecule has 0 fully saturated rings. The molecule has 23 heavy (non-hydrogen) atoms. The van der Waals surface area contributed by atoms with Crippen LogP contribution in [0.25, 0.3) is 0 Å². The Morgan fingerprint density at radius 2 is 1.87 bits per heavy atom. The molecule has 0 bridgehead atoms. The molecule has 0 aliphatic heterocycles. The van der Waals surface area contributed by atoms with E-state index < -0.39 is 0 Å². The maximum absolute atomic E-state index is 10.1. The van der Waals surface area contributed by atoms with Gasteiger partial charge in [-0.15, -0.1) is 0 Å². The molecule has 0 aliphatic rings. The van der Waals surface area contributed by atoms with E-state index in [1.807, 2.05) is 22.9 Å². The molecule has 4 heteroatoms. The van der Waals surface area contributed by atoms with Crippen LogP contribution in [-0.2, 0) is 5.54 Å². The number of aromatic hydroxyl groups is 1. The van der Waals surface area contributed by atoms with Gasteiger partial charge >= 0.3 is 0 Å². The SMILES string of the molecule is CCC(NC(C)c1cn(C(C)(C)C)nc1C)c1ccccc1O. The second kappa shape index (κ2) is 6.75. The summed E-state index contributed by atoms with van der Waals surface area (Å²) in [7, 11) is 0. The quantitative estimate of drug-likeness (QED) is 0.857. The van der Waals surface area contributed by atoms with Gasteiger partial charge in [-0.3, -0.25) is 4.68 Å². The Kier molecular flexibility index (Phi) is 5.15. The lowest BCUT2D eigenvalue weighted by Gasteiger charge is -2.23. The number of nitrogens with one attached hydrogen (secondary N) is 1. The summed E-state index contributed by atoms with van der Waals surface area (Å²) >= 11 is 0. The maximum Gasteiger partial charge on any atom is 0.120 e. The van der Waals surface area contributed by atoms with E-state index in [2.05, 4.69) is 58.2 Å². The highest BCUT2D eigenvalue weighted by Crippen LogP contribution is 2.29. The monoisotopic (exact) mass is 315 g/mol. The van der Waals surface area contributed by atoms with Crippen molar-refractivity contribution in [1.29, 1.82) is 0 Å². The number of nitrogens with zero attached hydrogens (tertiary/aromatic N) is 2. The fraction of sp³-hybridized carbons (Fsp3) is 0.526. The van der Waals surface area contributed by atoms with E-state index in [4.69, 9.17) is 0 Å². The third kappa shape index (κ3) is 3.94. The van der Waals surface area contributed by atoms with Gasteiger partial charge < -0.3 is 10.4 Å². The largest absolute Gasteiger partial charge is 0.508 e. The van der Waals surface area contributed by atoms with Crippen molar-refractivity contribution in [2.75, 3.05) is 0 Å². The number of para-hydroxylation sites is 1. The maximum atomic E-state index is 10.1. The Hall–Kier alpha value is -1.81. The standard InChI is InChI=1S/C19H29N3O/c1-7-17(15-10-8-9-11-18(15)23)20-13(2)16-12-22(19(4,5)6)21-14(16)3/h8-13,17,20,23H,7H2,1-6H3. The third-order valence-electron chi connectivity index (χ3n) is 4.26. The van der Waals surface area contributed by atoms with Crippen LogP contribution in [0, 0.1) is 6.92 Å². The Labute approximate surface area is 139 Å². The molecule has 1 aromatic carbocycles. The molecule has 4 nitrogen and oxygen atoms in total. The minimum absolute atomic E-state index is 0.0232. The van der Waals surface area contributed by atoms with Crippen molar-refractivity contribution in [2.45, 2.75) is 65.6 Å². The van der Waals surface area contributed by atoms with Crippen LogP contribution in [0.5, 0.6) is 5.75 Å². The molecular formula is C19H29N3O. The summed E-state index contributed by atoms with van der Waals surface area (Å²) < 4.78 is 2.02. The predicted molar refractivity (Wildman–Crippen MR) is 94.6 cm³/mol. The molecule has 0 saturated heterocycles. The minimum atomic E-state index is -0.0232. The summed E-state index contributed by atoms with van der Waals surface area (Å²) in [6.45, 7) is 12.8. The Morgan fingerprint density at radius 1 is 1.22 bits per heavy atom. The van der Waals surface area contributed by atoms with Gasteiger partial charge in [-0.1, -0.05) is 25.1 Å². The van der Waals surface area contributed by atoms with Crippen LogP contribution in [0.15, 0.2) is 30.5 Å². The lowest BCUT2D eigenvalue weighted by Crippen LogP contribution is -2.25. The van der Waals surface area contributed by atoms with E-state index in [1.165, 1.54) is 5.56 Å². The molecule has 0 aliphatic carbocycles. The molecule has 2 atom stereocenters. The topological polar surface area (TPSA) is 50.1 Å². The van der Waals surface area contributed by atoms with Crippen LogP contribution in [0.1, 0.15) is 69.9 Å². The summed E-state index contributed by atoms with van der Waals surface area (Å²) in [6, 6.07) is 7.82. The number of aryl methyl sites for hydroxylation is 1. The third-order valence-corrected chi connectivity index (χ3v) is 4.26. The summed E-state index contributed by atoms with van der Waals surface area (Å²) in [6.07, 6.45) is 3.04. The normalized spacial score (nSPS) is 14.7. The molecule has 2 unspecified atom stereocenters. The fourth-order valence-corrected chi connectivity index (χ4v) is 2.84. The molecule has 1 heterocycles. The first-order chi connectivity index (χ1) is 10.7. The fourth-order valence-electron chi connectivity index (χ4n) is 2.84. The zero-order valence-electron chi connectivity index (χ0n) is 15.1. The zero-order chi connectivity index (χ0) is 17.2. The van der Waals surface area contributed by atoms with Gasteiger partial charge in [0.15, 0.2) is 0 Å². The van der Waals surface area contributed by atoms with Gasteiger partial charge in [0.25, 0.3) is 0 Å². The smallest absolute Gasteiger partial charge is 0.120 e. The molecule has 0 saturated carbocycles. The number of hydrogen-bond donors (Lipinski definition) is 2. The first kappa shape index (κ1) is 17.5. The van der Waals surface area contributed by atoms with Crippen LogP contribution in [-0.4, -0.2) is 14.9 Å². The van der Waals surface area contributed by atoms with Gasteiger partial charge in [0.2, 0.25) is 0 Å². The van der Waals surface area contributed by atoms with Gasteiger partial charge in [-0.25, -0.2) is 0 Å². The molecule has 0 amide bonds. The minimum Gasteiger partial charge on any atom is -0.508 e. The lowest BCUT2D eigenvalue weighted by atomic mass is 10.0. The molecule has 2 aromatic rings. The van der Waals surface area contributed by atoms with Gasteiger partial charge in [-0.05, 0) is 47.1 Å². The number of hydrogen-bond acceptors (Lipinski definition) is 3. The van der Waals surface area contributed by atoms with Gasteiger partial charge in [0, 0.05) is 29.4 Å². The highest BCUT2D eigenvalue weighted by molar-refractivity contribution is 5.35. The first-order valence-electron chi connectivity index (χ1n) is 8.34. The summed E-state index contributed by atoms with van der Waals surface area (Å²) in [5, 5.41) is 18.4. The summed E-state index contributed by atoms with van der Waals surface area (Å²) in [5.74, 6) is 0.348. The number of phenols is 1. The summed E-state index contributed by atoms with van der Waals surface area (Å²) in [5.41, 5.74) is 3.17. The van der Waals surface area contributed by atoms with Crippen LogP contribution in [0.2, 0.25) is 0 Å². The zero-order valence-corrected chi connectivity index (χ0v) is 15.1. The molecule has 1 aromatic heterocycles. The van der Waals surface area contributed by atoms with E-state index in [0.717, 1.165) is 17.7 Å². The van der Waals surface area contributed by atoms with Crippen molar-refractivity contribution in [3.8, 4) is 5.75 Å². The van der Waals surface area contributed by atoms with Crippen molar-refractivity contribution in [3.63, 3.8) is 0 Å². The van der Waals surface area contributed by atoms with Gasteiger partial charge in [0.05, 0.1) is 11.2 Å². The van der Waals surface area contributed by atoms with Crippen molar-refractivity contribution < 1.29 is 5.11 Å². The molecule has 0 radical (unpaired) electrons. The lowest BCUT2D eigenvalue weighted by molar-refractivity contribution is 0.353. The van der Waals surface area contributed by atoms with Gasteiger partial charge in [0.1, 0.15) is 5.75 Å². The van der Waals surface area contributed by atoms with E-state index in [9.17, 15) is 5.11 Å². The van der Waals surface area contributed by atoms with Crippen molar-refractivity contribution in [2.24, 2.45) is 0 Å². The van der Waals surface area contributed by atoms with Crippen LogP contribution < -0.4 is 5.32 Å². The van der Waals surface area contributed by atoms with Gasteiger partial charge in [-0.2, -0.15) is 5.10 Å². The average Bonchev–Trinajstić information content (AvgIpc) is 2.87. The van der Waals surface area contributed by atoms with Crippen molar-refractivity contribution in [1.82, 2.24) is 15.1 Å². The highest BCUT2D eigenvalue weighted by Gasteiger charge is 2.22. The summed E-state index contributed by atoms with van der Waals surface area (Å²) in [4.78, 5) is 0. The van der Waals surface area contributed by atoms with Crippen LogP contribution in [0.3, 0.4) is 0 Å². The Balaban J connectivity index is 2.22. The second-order valence-corrected chi connectivity index (χ2v) is 7.19. The number of phenolic OH excluding ortho intramolecular Hbond substituents is 1. The van der Waals surface area contributed by atoms with Crippen LogP contribution >= 0.6 is 0 Å². The average molecular weight is 315 g/mol. The van der Waals surface area contributed by atoms with E-state index >= 15 is 0 Å². The number of aromatic nitrogens is 2. The number of rotatable bonds is 5. The molecule has 0 spiro atoms. The first-order valence-corrected chi connectivity index (χ1v) is 8.34. The second-order valence-electron chi connectivity index (χ2n) is 7.19. The van der Waals surface area contributed by atoms with E-state index in [0.29, 0.717) is 5.75 Å². The van der Waals surface area contributed by atoms with E-state index in [1.54, 1.807) is 6.07 Å². The molecule has 126 valence electrons. The van der Waals surface area contributed by atoms with Crippen molar-refractivity contribution >= 4 is 0 Å². The van der Waals surface area contributed by atoms with E-state index in [-0.39, 0.29) is 17.6 Å². The van der Waals surface area contributed by atoms with Crippen molar-refractivity contribution in [3.05, 3.63) is 47.3 Å². The Morgan fingerprint density at radius 3 is 2.39 bits per heavy atom. The highest BCUT2D eigenvalue weighted by atomic mass is 16.3. The number of benzene rings is 1. The predicted octanol–water partition coefficient (Wildman–Crippen LogP) is 4.45. The molecular weight excluding hydrogens is 286 g/mol.